The first-order valence-corrected chi connectivity index (χ1v) is 4.61. The first-order valence-electron chi connectivity index (χ1n) is 4.61. The molecule has 2 rings (SSSR count). The molecule has 1 N–H and O–H groups in total. The van der Waals surface area contributed by atoms with Crippen molar-refractivity contribution in [2.45, 2.75) is 25.6 Å². The number of nitrogens with zero attached hydrogens (tertiary/aromatic N) is 3. The van der Waals surface area contributed by atoms with Gasteiger partial charge in [-0.05, 0) is 6.42 Å². The van der Waals surface area contributed by atoms with Crippen molar-refractivity contribution in [2.75, 3.05) is 0 Å². The van der Waals surface area contributed by atoms with Gasteiger partial charge in [0.15, 0.2) is 0 Å². The smallest absolute Gasteiger partial charge is 0.451 e. The largest absolute Gasteiger partial charge is 0.481 e. The van der Waals surface area contributed by atoms with Crippen LogP contribution in [0.5, 0.6) is 0 Å². The molecule has 0 bridgehead atoms. The summed E-state index contributed by atoms with van der Waals surface area (Å²) in [6.07, 6.45) is -4.09. The lowest BCUT2D eigenvalue weighted by Crippen LogP contribution is -2.29. The van der Waals surface area contributed by atoms with Gasteiger partial charge in [-0.2, -0.15) is 13.2 Å². The molecule has 1 unspecified atom stereocenters. The van der Waals surface area contributed by atoms with Crippen LogP contribution in [0.4, 0.5) is 13.2 Å². The lowest BCUT2D eigenvalue weighted by Gasteiger charge is -2.21. The summed E-state index contributed by atoms with van der Waals surface area (Å²) in [5.41, 5.74) is 0. The van der Waals surface area contributed by atoms with Crippen LogP contribution in [-0.4, -0.2) is 25.8 Å². The zero-order chi connectivity index (χ0) is 11.9. The number of aliphatic carboxylic acids is 1. The molecule has 0 amide bonds. The van der Waals surface area contributed by atoms with Gasteiger partial charge >= 0.3 is 12.1 Å². The fourth-order valence-corrected chi connectivity index (χ4v) is 1.74. The number of fused-ring (bicyclic) bond motifs is 1. The molecular formula is C8H8F3N3O2. The van der Waals surface area contributed by atoms with E-state index in [-0.39, 0.29) is 18.8 Å². The van der Waals surface area contributed by atoms with Gasteiger partial charge in [0.25, 0.3) is 0 Å². The van der Waals surface area contributed by atoms with E-state index in [0.29, 0.717) is 6.42 Å². The van der Waals surface area contributed by atoms with E-state index in [9.17, 15) is 18.0 Å². The molecule has 0 aromatic carbocycles. The van der Waals surface area contributed by atoms with Crippen molar-refractivity contribution in [2.24, 2.45) is 5.92 Å². The predicted octanol–water partition coefficient (Wildman–Crippen LogP) is 0.944. The SMILES string of the molecule is O=C(O)C1CCc2nnc(C(F)(F)F)n2C1. The maximum atomic E-state index is 12.5. The Morgan fingerprint density at radius 1 is 1.44 bits per heavy atom. The number of alkyl halides is 3. The van der Waals surface area contributed by atoms with Crippen LogP contribution in [0.2, 0.25) is 0 Å². The van der Waals surface area contributed by atoms with E-state index in [0.717, 1.165) is 4.57 Å². The Morgan fingerprint density at radius 3 is 2.69 bits per heavy atom. The van der Waals surface area contributed by atoms with E-state index in [1.54, 1.807) is 0 Å². The molecule has 2 heterocycles. The van der Waals surface area contributed by atoms with Crippen molar-refractivity contribution in [3.05, 3.63) is 11.6 Å². The van der Waals surface area contributed by atoms with Gasteiger partial charge in [-0.3, -0.25) is 4.79 Å². The average Bonchev–Trinajstić information content (AvgIpc) is 2.58. The van der Waals surface area contributed by atoms with Crippen molar-refractivity contribution in [3.63, 3.8) is 0 Å². The maximum Gasteiger partial charge on any atom is 0.451 e. The van der Waals surface area contributed by atoms with Gasteiger partial charge in [0.2, 0.25) is 5.82 Å². The van der Waals surface area contributed by atoms with Crippen LogP contribution in [0.1, 0.15) is 18.1 Å². The van der Waals surface area contributed by atoms with Crippen LogP contribution in [0.15, 0.2) is 0 Å². The zero-order valence-electron chi connectivity index (χ0n) is 8.03. The third-order valence-electron chi connectivity index (χ3n) is 2.55. The lowest BCUT2D eigenvalue weighted by atomic mass is 10.00. The van der Waals surface area contributed by atoms with Crippen molar-refractivity contribution < 1.29 is 23.1 Å². The molecule has 0 radical (unpaired) electrons. The van der Waals surface area contributed by atoms with Gasteiger partial charge in [0.1, 0.15) is 5.82 Å². The molecule has 0 aliphatic carbocycles. The molecule has 0 saturated heterocycles. The molecule has 1 aromatic rings. The van der Waals surface area contributed by atoms with E-state index < -0.39 is 23.9 Å². The topological polar surface area (TPSA) is 68.0 Å². The summed E-state index contributed by atoms with van der Waals surface area (Å²) < 4.78 is 38.2. The monoisotopic (exact) mass is 235 g/mol. The molecule has 0 saturated carbocycles. The highest BCUT2D eigenvalue weighted by atomic mass is 19.4. The van der Waals surface area contributed by atoms with Crippen molar-refractivity contribution >= 4 is 5.97 Å². The normalized spacial score (nSPS) is 20.6. The van der Waals surface area contributed by atoms with Crippen molar-refractivity contribution in [3.8, 4) is 0 Å². The molecule has 0 fully saturated rings. The standard InChI is InChI=1S/C8H8F3N3O2/c9-8(10,11)7-13-12-5-2-1-4(6(15)16)3-14(5)7/h4H,1-3H2,(H,15,16). The summed E-state index contributed by atoms with van der Waals surface area (Å²) in [5.74, 6) is -2.81. The summed E-state index contributed by atoms with van der Waals surface area (Å²) in [4.78, 5) is 10.7. The third kappa shape index (κ3) is 1.74. The number of aryl methyl sites for hydroxylation is 1. The van der Waals surface area contributed by atoms with Crippen LogP contribution in [-0.2, 0) is 23.9 Å². The number of carboxylic acid groups (broad SMARTS) is 1. The first-order chi connectivity index (χ1) is 7.39. The second-order valence-electron chi connectivity index (χ2n) is 3.62. The van der Waals surface area contributed by atoms with Gasteiger partial charge in [-0.25, -0.2) is 0 Å². The second-order valence-corrected chi connectivity index (χ2v) is 3.62. The van der Waals surface area contributed by atoms with Crippen molar-refractivity contribution in [1.82, 2.24) is 14.8 Å². The highest BCUT2D eigenvalue weighted by molar-refractivity contribution is 5.70. The molecular weight excluding hydrogens is 227 g/mol. The van der Waals surface area contributed by atoms with Crippen LogP contribution >= 0.6 is 0 Å². The average molecular weight is 235 g/mol. The summed E-state index contributed by atoms with van der Waals surface area (Å²) in [6.45, 7) is -0.216. The van der Waals surface area contributed by atoms with Gasteiger partial charge in [-0.1, -0.05) is 0 Å². The number of hydrogen-bond donors (Lipinski definition) is 1. The van der Waals surface area contributed by atoms with Gasteiger partial charge in [0.05, 0.1) is 5.92 Å². The fourth-order valence-electron chi connectivity index (χ4n) is 1.74. The second kappa shape index (κ2) is 3.46. The van der Waals surface area contributed by atoms with Crippen molar-refractivity contribution in [1.29, 1.82) is 0 Å². The molecule has 16 heavy (non-hydrogen) atoms. The molecule has 88 valence electrons. The Labute approximate surface area is 87.9 Å². The van der Waals surface area contributed by atoms with Crippen LogP contribution in [0.3, 0.4) is 0 Å². The maximum absolute atomic E-state index is 12.5. The van der Waals surface area contributed by atoms with E-state index in [2.05, 4.69) is 10.2 Å². The van der Waals surface area contributed by atoms with E-state index >= 15 is 0 Å². The van der Waals surface area contributed by atoms with E-state index in [1.807, 2.05) is 0 Å². The molecule has 1 aliphatic rings. The van der Waals surface area contributed by atoms with Gasteiger partial charge in [0, 0.05) is 13.0 Å². The number of rotatable bonds is 1. The molecule has 1 aliphatic heterocycles. The van der Waals surface area contributed by atoms with Crippen LogP contribution in [0, 0.1) is 5.92 Å². The van der Waals surface area contributed by atoms with E-state index in [1.165, 1.54) is 0 Å². The fraction of sp³-hybridized carbons (Fsp3) is 0.625. The summed E-state index contributed by atoms with van der Waals surface area (Å²) in [5, 5.41) is 15.2. The summed E-state index contributed by atoms with van der Waals surface area (Å²) >= 11 is 0. The molecule has 8 heteroatoms. The Bertz CT molecular complexity index is 427. The molecule has 1 atom stereocenters. The lowest BCUT2D eigenvalue weighted by molar-refractivity contribution is -0.150. The molecule has 5 nitrogen and oxygen atoms in total. The van der Waals surface area contributed by atoms with Crippen LogP contribution in [0.25, 0.3) is 0 Å². The minimum Gasteiger partial charge on any atom is -0.481 e. The number of carbonyl (C=O) groups is 1. The minimum absolute atomic E-state index is 0.199. The Morgan fingerprint density at radius 2 is 2.12 bits per heavy atom. The van der Waals surface area contributed by atoms with Gasteiger partial charge < -0.3 is 9.67 Å². The number of aromatic nitrogens is 3. The Balaban J connectivity index is 2.35. The third-order valence-corrected chi connectivity index (χ3v) is 2.55. The molecule has 0 spiro atoms. The number of carboxylic acids is 1. The quantitative estimate of drug-likeness (QED) is 0.786. The predicted molar refractivity (Wildman–Crippen MR) is 44.5 cm³/mol. The number of halogens is 3. The number of hydrogen-bond acceptors (Lipinski definition) is 3. The van der Waals surface area contributed by atoms with Gasteiger partial charge in [-0.15, -0.1) is 10.2 Å². The zero-order valence-corrected chi connectivity index (χ0v) is 8.03. The van der Waals surface area contributed by atoms with Crippen LogP contribution < -0.4 is 0 Å². The Kier molecular flexibility index (Phi) is 2.36. The van der Waals surface area contributed by atoms with E-state index in [4.69, 9.17) is 5.11 Å². The summed E-state index contributed by atoms with van der Waals surface area (Å²) in [6, 6.07) is 0. The highest BCUT2D eigenvalue weighted by Crippen LogP contribution is 2.31. The minimum atomic E-state index is -4.59. The Hall–Kier alpha value is -1.60. The summed E-state index contributed by atoms with van der Waals surface area (Å²) in [7, 11) is 0. The molecule has 1 aromatic heterocycles. The first kappa shape index (κ1) is 10.9. The highest BCUT2D eigenvalue weighted by Gasteiger charge is 2.40.